The van der Waals surface area contributed by atoms with Gasteiger partial charge in [0.15, 0.2) is 0 Å². The van der Waals surface area contributed by atoms with Crippen molar-refractivity contribution >= 4 is 88.4 Å². The van der Waals surface area contributed by atoms with Gasteiger partial charge in [-0.05, 0) is 168 Å². The maximum Gasteiger partial charge on any atom is 0.315 e. The fourth-order valence-electron chi connectivity index (χ4n) is 18.1. The molecule has 15 rings (SSSR count). The molecule has 6 aromatic rings. The van der Waals surface area contributed by atoms with Gasteiger partial charge in [0.05, 0.1) is 31.3 Å². The lowest BCUT2D eigenvalue weighted by Gasteiger charge is -2.36. The molecule has 3 spiro atoms. The number of rotatable bonds is 23. The summed E-state index contributed by atoms with van der Waals surface area (Å²) in [5.41, 5.74) is 8.39. The van der Waals surface area contributed by atoms with Crippen molar-refractivity contribution < 1.29 is 70.7 Å². The number of carbonyl (C=O) groups is 11. The lowest BCUT2D eigenvalue weighted by Crippen LogP contribution is -2.58. The Morgan fingerprint density at radius 3 is 0.992 bits per heavy atom. The first-order valence-electron chi connectivity index (χ1n) is 44.7. The highest BCUT2D eigenvalue weighted by Gasteiger charge is 2.63. The highest BCUT2D eigenvalue weighted by Crippen LogP contribution is 2.51. The number of likely N-dealkylation sites (N-methyl/N-ethyl adjacent to an activating group) is 3. The van der Waals surface area contributed by atoms with Gasteiger partial charge in [-0.2, -0.15) is 0 Å². The molecule has 12 atom stereocenters. The lowest BCUT2D eigenvalue weighted by molar-refractivity contribution is -0.147. The molecule has 0 unspecified atom stereocenters. The Hall–Kier alpha value is -13.3. The van der Waals surface area contributed by atoms with Gasteiger partial charge in [-0.25, -0.2) is 52.3 Å². The molecule has 3 saturated heterocycles. The Morgan fingerprint density at radius 1 is 0.455 bits per heavy atom. The van der Waals surface area contributed by atoms with Crippen molar-refractivity contribution in [3.05, 3.63) is 231 Å². The second kappa shape index (κ2) is 40.2. The molecular weight excluding hydrogens is 1690 g/mol. The molecule has 33 heteroatoms. The number of benzene rings is 6. The van der Waals surface area contributed by atoms with E-state index in [-0.39, 0.29) is 129 Å². The van der Waals surface area contributed by atoms with E-state index in [9.17, 15) is 70.7 Å². The number of isocyanates is 1. The number of likely N-dealkylation sites (tertiary alicyclic amines) is 3. The van der Waals surface area contributed by atoms with Gasteiger partial charge < -0.3 is 57.7 Å². The van der Waals surface area contributed by atoms with Gasteiger partial charge >= 0.3 is 30.6 Å². The fourth-order valence-corrected chi connectivity index (χ4v) is 18.1. The third-order valence-corrected chi connectivity index (χ3v) is 25.6. The number of nitrogens with two attached hydrogens (primary N) is 1. The number of carbonyl (C=O) groups excluding carboxylic acids is 12. The predicted octanol–water partition coefficient (Wildman–Crippen LogP) is 11.5. The standard InChI is InChI=1S/2C33H39FN6O4.C29H34FN5O3.C4H5NO/c2*1-32(2,3)17-26(29(42)40-19-33(18-27(40)35-4)23-8-6-7-9-24(23)37-30(33)43)39(5)28(41)25(38-31(44)36-22-14-15-22)16-20-10-12-21(34)13-11-20;1-28(2,3)15-23(34(5)25(36)21(31)14-18-10-12-19(30)13-11-18)26(37)35-17-29(16-24(35)32-4)20-8-6-7-9-22(20)33-27(29)38;6-3-5-4-1-2-4/h2*6-13,22,25-27H,14-19H2,1-3,5H3,(H,37,43)(H2,36,38,44);6-13,21,23-24H,14-17,31H2,1-3,5H3,(H,33,38);4H,1-2H2/t2*25-,26-,27-,33-;21-,23-,24-,29-;/m000./s1. The van der Waals surface area contributed by atoms with E-state index in [4.69, 9.17) is 25.5 Å². The zero-order valence-corrected chi connectivity index (χ0v) is 76.6. The Labute approximate surface area is 768 Å². The van der Waals surface area contributed by atoms with Crippen molar-refractivity contribution in [3.63, 3.8) is 0 Å². The predicted molar refractivity (Wildman–Crippen MR) is 489 cm³/mol. The number of hydrogen-bond acceptors (Lipinski definition) is 14. The zero-order valence-electron chi connectivity index (χ0n) is 76.6. The van der Waals surface area contributed by atoms with Gasteiger partial charge in [-0.15, -0.1) is 0 Å². The number of fused-ring (bicyclic) bond motifs is 6. The van der Waals surface area contributed by atoms with Gasteiger partial charge in [0.25, 0.3) is 17.7 Å². The minimum atomic E-state index is -1.05. The van der Waals surface area contributed by atoms with Crippen LogP contribution in [0.5, 0.6) is 0 Å². The summed E-state index contributed by atoms with van der Waals surface area (Å²) < 4.78 is 40.5. The van der Waals surface area contributed by atoms with Crippen LogP contribution in [0.15, 0.2) is 151 Å². The van der Waals surface area contributed by atoms with Gasteiger partial charge in [0.2, 0.25) is 41.5 Å². The van der Waals surface area contributed by atoms with E-state index >= 15 is 0 Å². The van der Waals surface area contributed by atoms with Gasteiger partial charge in [-0.3, -0.25) is 72.4 Å². The quantitative estimate of drug-likeness (QED) is 0.0168. The Balaban J connectivity index is 0.000000173. The van der Waals surface area contributed by atoms with Crippen molar-refractivity contribution in [2.75, 3.05) is 56.7 Å². The topological polar surface area (TPSA) is 360 Å². The summed E-state index contributed by atoms with van der Waals surface area (Å²) in [6.45, 7) is 41.4. The molecule has 6 heterocycles. The van der Waals surface area contributed by atoms with E-state index in [1.165, 1.54) is 86.0 Å². The molecule has 30 nitrogen and oxygen atoms in total. The number of amides is 13. The molecule has 6 fully saturated rings. The summed E-state index contributed by atoms with van der Waals surface area (Å²) in [7, 11) is 4.62. The Bertz CT molecular complexity index is 5320. The summed E-state index contributed by atoms with van der Waals surface area (Å²) >= 11 is 0. The minimum absolute atomic E-state index is 0.0193. The van der Waals surface area contributed by atoms with Crippen molar-refractivity contribution in [1.82, 2.24) is 50.7 Å². The molecule has 9 N–H and O–H groups in total. The summed E-state index contributed by atoms with van der Waals surface area (Å²) in [6.07, 6.45) is 6.33. The van der Waals surface area contributed by atoms with Crippen LogP contribution in [0.4, 0.5) is 39.8 Å². The molecule has 0 aromatic heterocycles. The van der Waals surface area contributed by atoms with Crippen LogP contribution in [0.3, 0.4) is 0 Å². The molecule has 3 saturated carbocycles. The largest absolute Gasteiger partial charge is 0.335 e. The molecular formula is C99H117F3N18O12. The third-order valence-electron chi connectivity index (χ3n) is 25.6. The van der Waals surface area contributed by atoms with Gasteiger partial charge in [-0.1, -0.05) is 153 Å². The number of aliphatic imine (C=N–C) groups is 1. The number of hydrogen-bond donors (Lipinski definition) is 8. The molecule has 696 valence electrons. The van der Waals surface area contributed by atoms with Crippen LogP contribution in [0.25, 0.3) is 14.5 Å². The average Bonchev–Trinajstić information content (AvgIpc) is 1.58. The maximum atomic E-state index is 14.4. The van der Waals surface area contributed by atoms with Crippen LogP contribution in [-0.4, -0.2) is 214 Å². The molecule has 9 aliphatic rings. The van der Waals surface area contributed by atoms with Crippen LogP contribution in [-0.2, 0) is 83.5 Å². The van der Waals surface area contributed by atoms with Gasteiger partial charge in [0.1, 0.15) is 63.9 Å². The lowest BCUT2D eigenvalue weighted by atomic mass is 9.80. The van der Waals surface area contributed by atoms with E-state index in [2.05, 4.69) is 56.7 Å². The number of urea groups is 2. The molecule has 13 amide bonds. The Morgan fingerprint density at radius 2 is 0.735 bits per heavy atom. The Kier molecular flexibility index (Phi) is 29.8. The molecule has 132 heavy (non-hydrogen) atoms. The molecule has 0 bridgehead atoms. The highest BCUT2D eigenvalue weighted by molar-refractivity contribution is 6.10. The first-order chi connectivity index (χ1) is 62.4. The average molecular weight is 1810 g/mol. The van der Waals surface area contributed by atoms with Crippen LogP contribution in [0.1, 0.15) is 173 Å². The first-order valence-corrected chi connectivity index (χ1v) is 44.7. The summed E-state index contributed by atoms with van der Waals surface area (Å²) in [5.74, 6) is -4.54. The molecule has 0 radical (unpaired) electrons. The first kappa shape index (κ1) is 97.7. The SMILES string of the molecule is O=C=NC1CC1.[C-]#[N+][C@@H]1C[C@@]2(CN1C(=O)[C@H](CC(C)(C)C)N(C)C(=O)[C@@H](N)Cc1ccc(F)cc1)C(=O)Nc1ccccc12.[C-]#[N+][C@@H]1C[C@@]2(CN1C(=O)[C@H](CC(C)(C)C)N(C)C(=O)[C@H](Cc1ccc(F)cc1)NC(=O)NC1CC1)C(=O)Nc1ccccc12.[C-]#[N+][C@@H]1C[C@@]2(CN1C(=O)[C@H](CC(C)(C)C)N(C)C(=O)[C@H](Cc1ccc(F)cc1)NC(=O)NC1CC1)C(=O)Nc1ccccc12. The smallest absolute Gasteiger partial charge is 0.315 e. The zero-order chi connectivity index (χ0) is 95.9. The highest BCUT2D eigenvalue weighted by atomic mass is 19.1. The van der Waals surface area contributed by atoms with E-state index in [0.29, 0.717) is 46.2 Å². The van der Waals surface area contributed by atoms with Crippen LogP contribution in [0.2, 0.25) is 0 Å². The number of nitrogens with one attached hydrogen (secondary N) is 7. The van der Waals surface area contributed by atoms with E-state index in [1.807, 2.05) is 135 Å². The summed E-state index contributed by atoms with van der Waals surface area (Å²) in [4.78, 5) is 182. The van der Waals surface area contributed by atoms with E-state index in [0.717, 1.165) is 55.2 Å². The minimum Gasteiger partial charge on any atom is -0.335 e. The second-order valence-corrected chi connectivity index (χ2v) is 39.7. The summed E-state index contributed by atoms with van der Waals surface area (Å²) in [5, 5.41) is 19.9. The molecule has 3 aliphatic carbocycles. The van der Waals surface area contributed by atoms with Crippen LogP contribution >= 0.6 is 0 Å². The third kappa shape index (κ3) is 23.0. The molecule has 6 aliphatic heterocycles. The van der Waals surface area contributed by atoms with E-state index < -0.39 is 124 Å². The normalized spacial score (nSPS) is 21.9. The van der Waals surface area contributed by atoms with Crippen molar-refractivity contribution in [1.29, 1.82) is 0 Å². The van der Waals surface area contributed by atoms with Crippen LogP contribution in [0, 0.1) is 53.4 Å². The van der Waals surface area contributed by atoms with Crippen molar-refractivity contribution in [2.45, 2.75) is 248 Å². The monoisotopic (exact) mass is 1810 g/mol. The molecule has 6 aromatic carbocycles. The second-order valence-electron chi connectivity index (χ2n) is 39.7. The number of halogens is 3. The number of nitrogens with zero attached hydrogens (tertiary/aromatic N) is 10. The maximum absolute atomic E-state index is 14.4. The number of para-hydroxylation sites is 3. The van der Waals surface area contributed by atoms with Gasteiger partial charge in [0, 0.05) is 82.8 Å². The summed E-state index contributed by atoms with van der Waals surface area (Å²) in [6, 6.07) is 32.9. The van der Waals surface area contributed by atoms with Crippen LogP contribution < -0.4 is 43.0 Å². The van der Waals surface area contributed by atoms with Crippen molar-refractivity contribution in [3.8, 4) is 0 Å². The van der Waals surface area contributed by atoms with E-state index in [1.54, 1.807) is 43.4 Å². The fraction of sp³-hybridized carbons (Fsp3) is 0.485. The number of anilines is 3. The van der Waals surface area contributed by atoms with Crippen molar-refractivity contribution in [2.24, 2.45) is 27.0 Å².